The molecule has 0 aliphatic carbocycles. The second-order valence-electron chi connectivity index (χ2n) is 8.15. The molecule has 0 unspecified atom stereocenters. The molecule has 3 aliphatic rings. The topological polar surface area (TPSA) is 44.8 Å². The van der Waals surface area contributed by atoms with Crippen molar-refractivity contribution < 1.29 is 9.53 Å². The number of likely N-dealkylation sites (tertiary alicyclic amines) is 1. The minimum absolute atomic E-state index is 0.179. The quantitative estimate of drug-likeness (QED) is 0.893. The van der Waals surface area contributed by atoms with Crippen molar-refractivity contribution in [1.29, 1.82) is 0 Å². The van der Waals surface area contributed by atoms with Crippen LogP contribution in [0.25, 0.3) is 0 Å². The Labute approximate surface area is 166 Å². The lowest BCUT2D eigenvalue weighted by molar-refractivity contribution is -0.125. The van der Waals surface area contributed by atoms with Gasteiger partial charge in [0.15, 0.2) is 0 Å². The van der Waals surface area contributed by atoms with Gasteiger partial charge >= 0.3 is 0 Å². The van der Waals surface area contributed by atoms with Crippen molar-refractivity contribution in [2.75, 3.05) is 31.2 Å². The van der Waals surface area contributed by atoms with Crippen LogP contribution in [0.1, 0.15) is 24.8 Å². The van der Waals surface area contributed by atoms with Gasteiger partial charge in [-0.05, 0) is 49.4 Å². The first-order chi connectivity index (χ1) is 13.7. The Morgan fingerprint density at radius 3 is 2.61 bits per heavy atom. The van der Waals surface area contributed by atoms with E-state index in [0.29, 0.717) is 6.67 Å². The number of benzene rings is 2. The summed E-state index contributed by atoms with van der Waals surface area (Å²) in [4.78, 5) is 17.5. The fraction of sp³-hybridized carbons (Fsp3) is 0.435. The number of anilines is 1. The number of fused-ring (bicyclic) bond motifs is 1. The predicted molar refractivity (Wildman–Crippen MR) is 110 cm³/mol. The highest BCUT2D eigenvalue weighted by molar-refractivity contribution is 5.93. The normalized spacial score (nSPS) is 23.9. The number of amides is 1. The third-order valence-electron chi connectivity index (χ3n) is 6.55. The molecule has 2 aromatic rings. The van der Waals surface area contributed by atoms with E-state index in [1.54, 1.807) is 0 Å². The maximum absolute atomic E-state index is 12.8. The first kappa shape index (κ1) is 17.6. The van der Waals surface area contributed by atoms with Crippen molar-refractivity contribution >= 4 is 11.6 Å². The maximum atomic E-state index is 12.8. The number of nitrogens with one attached hydrogen (secondary N) is 1. The number of hydrogen-bond acceptors (Lipinski definition) is 4. The van der Waals surface area contributed by atoms with E-state index in [-0.39, 0.29) is 12.0 Å². The number of piperidine rings is 1. The van der Waals surface area contributed by atoms with Crippen LogP contribution >= 0.6 is 0 Å². The van der Waals surface area contributed by atoms with Gasteiger partial charge in [-0.25, -0.2) is 0 Å². The molecule has 2 saturated heterocycles. The molecule has 28 heavy (non-hydrogen) atoms. The zero-order chi connectivity index (χ0) is 19.0. The number of nitrogens with zero attached hydrogens (tertiary/aromatic N) is 2. The molecule has 5 heteroatoms. The second-order valence-corrected chi connectivity index (χ2v) is 8.15. The first-order valence-corrected chi connectivity index (χ1v) is 10.3. The molecule has 146 valence electrons. The van der Waals surface area contributed by atoms with Crippen LogP contribution < -0.4 is 15.0 Å². The van der Waals surface area contributed by atoms with Crippen LogP contribution in [0.2, 0.25) is 0 Å². The summed E-state index contributed by atoms with van der Waals surface area (Å²) in [5, 5.41) is 3.08. The molecule has 3 heterocycles. The van der Waals surface area contributed by atoms with Crippen LogP contribution in [-0.4, -0.2) is 48.8 Å². The van der Waals surface area contributed by atoms with Crippen molar-refractivity contribution in [1.82, 2.24) is 10.2 Å². The average molecular weight is 377 g/mol. The largest absolute Gasteiger partial charge is 0.489 e. The van der Waals surface area contributed by atoms with Gasteiger partial charge in [0, 0.05) is 25.3 Å². The summed E-state index contributed by atoms with van der Waals surface area (Å²) in [5.41, 5.74) is 2.04. The van der Waals surface area contributed by atoms with Crippen LogP contribution in [0.3, 0.4) is 0 Å². The summed E-state index contributed by atoms with van der Waals surface area (Å²) in [5.74, 6) is 1.22. The van der Waals surface area contributed by atoms with Gasteiger partial charge in [0.05, 0.1) is 6.67 Å². The Kier molecular flexibility index (Phi) is 4.47. The number of carbonyl (C=O) groups is 1. The Morgan fingerprint density at radius 1 is 1.04 bits per heavy atom. The number of ether oxygens (including phenoxy) is 1. The molecular weight excluding hydrogens is 350 g/mol. The van der Waals surface area contributed by atoms with E-state index in [1.165, 1.54) is 5.56 Å². The third kappa shape index (κ3) is 3.04. The zero-order valence-electron chi connectivity index (χ0n) is 16.1. The molecule has 3 aliphatic heterocycles. The highest BCUT2D eigenvalue weighted by Crippen LogP contribution is 2.36. The lowest BCUT2D eigenvalue weighted by Crippen LogP contribution is -2.57. The number of para-hydroxylation sites is 2. The van der Waals surface area contributed by atoms with E-state index in [0.717, 1.165) is 56.8 Å². The fourth-order valence-electron chi connectivity index (χ4n) is 4.93. The molecular formula is C23H27N3O2. The predicted octanol–water partition coefficient (Wildman–Crippen LogP) is 2.81. The van der Waals surface area contributed by atoms with Gasteiger partial charge in [0.25, 0.3) is 0 Å². The molecule has 1 spiro atoms. The van der Waals surface area contributed by atoms with Crippen molar-refractivity contribution in [3.05, 3.63) is 60.2 Å². The molecule has 1 N–H and O–H groups in total. The highest BCUT2D eigenvalue weighted by Gasteiger charge is 2.50. The summed E-state index contributed by atoms with van der Waals surface area (Å²) < 4.78 is 6.23. The van der Waals surface area contributed by atoms with Crippen LogP contribution in [0, 0.1) is 0 Å². The Bertz CT molecular complexity index is 846. The zero-order valence-corrected chi connectivity index (χ0v) is 16.1. The smallest absolute Gasteiger partial charge is 0.247 e. The van der Waals surface area contributed by atoms with E-state index in [2.05, 4.69) is 45.4 Å². The molecule has 2 fully saturated rings. The Morgan fingerprint density at radius 2 is 1.79 bits per heavy atom. The molecule has 5 rings (SSSR count). The van der Waals surface area contributed by atoms with Gasteiger partial charge < -0.3 is 15.0 Å². The summed E-state index contributed by atoms with van der Waals surface area (Å²) in [7, 11) is 0. The van der Waals surface area contributed by atoms with E-state index in [9.17, 15) is 4.79 Å². The summed E-state index contributed by atoms with van der Waals surface area (Å²) >= 11 is 0. The first-order valence-electron chi connectivity index (χ1n) is 10.3. The van der Waals surface area contributed by atoms with Gasteiger partial charge in [0.2, 0.25) is 5.91 Å². The maximum Gasteiger partial charge on any atom is 0.247 e. The van der Waals surface area contributed by atoms with Crippen LogP contribution in [0.15, 0.2) is 54.6 Å². The standard InChI is InChI=1S/C23H27N3O2/c27-22-23(26(17-24-22)19-7-2-1-3-8-19)12-14-25(15-13-23)16-20-11-10-18-6-4-5-9-21(18)28-20/h1-9,20H,10-17H2,(H,24,27)/t20-/m1/s1. The third-order valence-corrected chi connectivity index (χ3v) is 6.55. The van der Waals surface area contributed by atoms with E-state index >= 15 is 0 Å². The van der Waals surface area contributed by atoms with Gasteiger partial charge in [0.1, 0.15) is 17.4 Å². The van der Waals surface area contributed by atoms with Crippen molar-refractivity contribution in [2.45, 2.75) is 37.3 Å². The van der Waals surface area contributed by atoms with Crippen LogP contribution in [0.5, 0.6) is 5.75 Å². The van der Waals surface area contributed by atoms with Crippen molar-refractivity contribution in [2.24, 2.45) is 0 Å². The number of hydrogen-bond donors (Lipinski definition) is 1. The SMILES string of the molecule is O=C1NCN(c2ccccc2)C12CCN(C[C@H]1CCc3ccccc3O1)CC2. The monoisotopic (exact) mass is 377 g/mol. The fourth-order valence-corrected chi connectivity index (χ4v) is 4.93. The van der Waals surface area contributed by atoms with Gasteiger partial charge in [-0.1, -0.05) is 36.4 Å². The average Bonchev–Trinajstić information content (AvgIpc) is 3.06. The highest BCUT2D eigenvalue weighted by atomic mass is 16.5. The Balaban J connectivity index is 1.24. The molecule has 1 atom stereocenters. The molecule has 0 bridgehead atoms. The van der Waals surface area contributed by atoms with E-state index in [1.807, 2.05) is 24.3 Å². The van der Waals surface area contributed by atoms with Gasteiger partial charge in [-0.2, -0.15) is 0 Å². The van der Waals surface area contributed by atoms with Crippen molar-refractivity contribution in [3.8, 4) is 5.75 Å². The Hall–Kier alpha value is -2.53. The summed E-state index contributed by atoms with van der Waals surface area (Å²) in [6.45, 7) is 3.40. The summed E-state index contributed by atoms with van der Waals surface area (Å²) in [6, 6.07) is 18.7. The molecule has 2 aromatic carbocycles. The molecule has 0 radical (unpaired) electrons. The summed E-state index contributed by atoms with van der Waals surface area (Å²) in [6.07, 6.45) is 4.11. The lowest BCUT2D eigenvalue weighted by atomic mass is 9.85. The van der Waals surface area contributed by atoms with E-state index < -0.39 is 5.54 Å². The number of rotatable bonds is 3. The lowest BCUT2D eigenvalue weighted by Gasteiger charge is -2.44. The minimum atomic E-state index is -0.405. The van der Waals surface area contributed by atoms with Crippen molar-refractivity contribution in [3.63, 3.8) is 0 Å². The number of carbonyl (C=O) groups excluding carboxylic acids is 1. The minimum Gasteiger partial charge on any atom is -0.489 e. The van der Waals surface area contributed by atoms with E-state index in [4.69, 9.17) is 4.74 Å². The molecule has 0 aromatic heterocycles. The van der Waals surface area contributed by atoms with Gasteiger partial charge in [-0.3, -0.25) is 9.69 Å². The second kappa shape index (κ2) is 7.13. The molecule has 0 saturated carbocycles. The van der Waals surface area contributed by atoms with Crippen LogP contribution in [-0.2, 0) is 11.2 Å². The molecule has 5 nitrogen and oxygen atoms in total. The number of aryl methyl sites for hydroxylation is 1. The van der Waals surface area contributed by atoms with Gasteiger partial charge in [-0.15, -0.1) is 0 Å². The molecule has 1 amide bonds. The van der Waals surface area contributed by atoms with Crippen LogP contribution in [0.4, 0.5) is 5.69 Å².